The summed E-state index contributed by atoms with van der Waals surface area (Å²) in [5.41, 5.74) is 1.81. The van der Waals surface area contributed by atoms with Crippen molar-refractivity contribution < 1.29 is 18.9 Å². The highest BCUT2D eigenvalue weighted by molar-refractivity contribution is 7.80. The Hall–Kier alpha value is -3.33. The van der Waals surface area contributed by atoms with E-state index in [9.17, 15) is 19.7 Å². The molecule has 1 aromatic heterocycles. The summed E-state index contributed by atoms with van der Waals surface area (Å²) in [7, 11) is 2.98. The summed E-state index contributed by atoms with van der Waals surface area (Å²) in [6, 6.07) is 6.46. The molecule has 1 aliphatic rings. The van der Waals surface area contributed by atoms with Crippen LogP contribution in [0, 0.1) is 24.0 Å². The summed E-state index contributed by atoms with van der Waals surface area (Å²) in [6.45, 7) is 3.47. The van der Waals surface area contributed by atoms with Gasteiger partial charge in [0.25, 0.3) is 17.5 Å². The van der Waals surface area contributed by atoms with E-state index in [-0.39, 0.29) is 22.1 Å². The lowest BCUT2D eigenvalue weighted by atomic mass is 10.0. The average molecular weight is 399 g/mol. The summed E-state index contributed by atoms with van der Waals surface area (Å²) in [6.07, 6.45) is 1.35. The van der Waals surface area contributed by atoms with Crippen LogP contribution in [0.3, 0.4) is 0 Å². The number of thiocarbonyl (C=S) groups is 1. The molecule has 3 rings (SSSR count). The van der Waals surface area contributed by atoms with Crippen molar-refractivity contribution in [1.82, 2.24) is 9.80 Å². The Bertz CT molecular complexity index is 1040. The number of hydrogen-bond acceptors (Lipinski definition) is 6. The molecule has 1 aliphatic heterocycles. The lowest BCUT2D eigenvalue weighted by Crippen LogP contribution is -2.52. The fraction of sp³-hybridized carbons (Fsp3) is 0.211. The molecule has 28 heavy (non-hydrogen) atoms. The third-order valence-electron chi connectivity index (χ3n) is 4.68. The first-order chi connectivity index (χ1) is 13.1. The molecule has 8 nitrogen and oxygen atoms in total. The van der Waals surface area contributed by atoms with Crippen LogP contribution in [0.4, 0.5) is 5.69 Å². The van der Waals surface area contributed by atoms with Crippen molar-refractivity contribution in [2.45, 2.75) is 13.8 Å². The number of nitro benzene ring substituents is 1. The van der Waals surface area contributed by atoms with Gasteiger partial charge in [-0.2, -0.15) is 0 Å². The molecule has 144 valence electrons. The Morgan fingerprint density at radius 3 is 2.29 bits per heavy atom. The number of likely N-dealkylation sites (N-methyl/N-ethyl adjacent to an activating group) is 2. The Balaban J connectivity index is 2.00. The number of nitro groups is 1. The van der Waals surface area contributed by atoms with E-state index in [1.54, 1.807) is 32.0 Å². The van der Waals surface area contributed by atoms with Gasteiger partial charge >= 0.3 is 0 Å². The van der Waals surface area contributed by atoms with Crippen LogP contribution in [0.25, 0.3) is 17.4 Å². The van der Waals surface area contributed by atoms with E-state index < -0.39 is 16.7 Å². The molecule has 0 radical (unpaired) electrons. The van der Waals surface area contributed by atoms with Crippen LogP contribution in [0.1, 0.15) is 16.9 Å². The predicted molar refractivity (Wildman–Crippen MR) is 106 cm³/mol. The molecule has 1 fully saturated rings. The van der Waals surface area contributed by atoms with Gasteiger partial charge in [0.1, 0.15) is 17.1 Å². The minimum atomic E-state index is -0.520. The number of aryl methyl sites for hydroxylation is 1. The van der Waals surface area contributed by atoms with Gasteiger partial charge in [0.05, 0.1) is 4.92 Å². The molecule has 0 unspecified atom stereocenters. The van der Waals surface area contributed by atoms with Crippen molar-refractivity contribution in [3.63, 3.8) is 0 Å². The minimum Gasteiger partial charge on any atom is -0.457 e. The van der Waals surface area contributed by atoms with E-state index in [2.05, 4.69) is 0 Å². The van der Waals surface area contributed by atoms with Gasteiger partial charge in [-0.1, -0.05) is 0 Å². The highest BCUT2D eigenvalue weighted by atomic mass is 32.1. The lowest BCUT2D eigenvalue weighted by Gasteiger charge is -2.31. The van der Waals surface area contributed by atoms with E-state index in [4.69, 9.17) is 16.6 Å². The average Bonchev–Trinajstić information content (AvgIpc) is 3.12. The fourth-order valence-electron chi connectivity index (χ4n) is 2.88. The first kappa shape index (κ1) is 19.4. The number of carbonyl (C=O) groups is 2. The maximum absolute atomic E-state index is 12.4. The third kappa shape index (κ3) is 3.20. The predicted octanol–water partition coefficient (Wildman–Crippen LogP) is 3.07. The molecule has 1 aromatic carbocycles. The van der Waals surface area contributed by atoms with Gasteiger partial charge in [-0.25, -0.2) is 0 Å². The second kappa shape index (κ2) is 7.01. The summed E-state index contributed by atoms with van der Waals surface area (Å²) in [5.74, 6) is -0.367. The number of hydrogen-bond donors (Lipinski definition) is 0. The van der Waals surface area contributed by atoms with E-state index in [1.807, 2.05) is 0 Å². The van der Waals surface area contributed by atoms with Crippen LogP contribution >= 0.6 is 12.2 Å². The van der Waals surface area contributed by atoms with Gasteiger partial charge in [-0.15, -0.1) is 0 Å². The van der Waals surface area contributed by atoms with Gasteiger partial charge in [0.15, 0.2) is 5.11 Å². The van der Waals surface area contributed by atoms with Crippen LogP contribution in [0.2, 0.25) is 0 Å². The topological polar surface area (TPSA) is 96.9 Å². The Labute approximate surface area is 166 Å². The molecule has 0 N–H and O–H groups in total. The molecular weight excluding hydrogens is 382 g/mol. The monoisotopic (exact) mass is 399 g/mol. The van der Waals surface area contributed by atoms with Crippen molar-refractivity contribution in [1.29, 1.82) is 0 Å². The molecule has 1 saturated heterocycles. The molecule has 0 spiro atoms. The van der Waals surface area contributed by atoms with Crippen LogP contribution in [-0.4, -0.2) is 45.7 Å². The van der Waals surface area contributed by atoms with E-state index >= 15 is 0 Å². The maximum atomic E-state index is 12.4. The summed E-state index contributed by atoms with van der Waals surface area (Å²) >= 11 is 5.05. The second-order valence-corrected chi connectivity index (χ2v) is 6.83. The number of benzene rings is 1. The van der Waals surface area contributed by atoms with Gasteiger partial charge in [-0.05, 0) is 55.9 Å². The van der Waals surface area contributed by atoms with Gasteiger partial charge in [0.2, 0.25) is 0 Å². The SMILES string of the molecule is Cc1cc(-c2ccc(C=C3C(=O)N(C)C(=S)N(C)C3=O)o2)cc([N+](=O)[O-])c1C. The molecular formula is C19H17N3O5S. The zero-order chi connectivity index (χ0) is 20.7. The van der Waals surface area contributed by atoms with Gasteiger partial charge in [-0.3, -0.25) is 29.5 Å². The first-order valence-electron chi connectivity index (χ1n) is 8.29. The molecule has 0 bridgehead atoms. The maximum Gasteiger partial charge on any atom is 0.273 e. The second-order valence-electron chi connectivity index (χ2n) is 6.47. The van der Waals surface area contributed by atoms with Crippen molar-refractivity contribution in [3.8, 4) is 11.3 Å². The summed E-state index contributed by atoms with van der Waals surface area (Å²) in [4.78, 5) is 38.0. The van der Waals surface area contributed by atoms with E-state index in [1.165, 1.54) is 36.0 Å². The fourth-order valence-corrected chi connectivity index (χ4v) is 3.04. The van der Waals surface area contributed by atoms with E-state index in [0.29, 0.717) is 16.9 Å². The van der Waals surface area contributed by atoms with Crippen molar-refractivity contribution in [3.05, 3.63) is 56.8 Å². The highest BCUT2D eigenvalue weighted by Crippen LogP contribution is 2.31. The zero-order valence-corrected chi connectivity index (χ0v) is 16.5. The van der Waals surface area contributed by atoms with Crippen LogP contribution in [0.5, 0.6) is 0 Å². The largest absolute Gasteiger partial charge is 0.457 e. The highest BCUT2D eigenvalue weighted by Gasteiger charge is 2.35. The number of carbonyl (C=O) groups excluding carboxylic acids is 2. The van der Waals surface area contributed by atoms with Gasteiger partial charge in [0, 0.05) is 31.3 Å². The van der Waals surface area contributed by atoms with Crippen molar-refractivity contribution in [2.24, 2.45) is 0 Å². The quantitative estimate of drug-likeness (QED) is 0.259. The Kier molecular flexibility index (Phi) is 4.86. The summed E-state index contributed by atoms with van der Waals surface area (Å²) < 4.78 is 5.72. The van der Waals surface area contributed by atoms with E-state index in [0.717, 1.165) is 5.56 Å². The smallest absolute Gasteiger partial charge is 0.273 e. The Morgan fingerprint density at radius 2 is 1.71 bits per heavy atom. The number of rotatable bonds is 3. The molecule has 2 amide bonds. The first-order valence-corrected chi connectivity index (χ1v) is 8.70. The van der Waals surface area contributed by atoms with Crippen molar-refractivity contribution in [2.75, 3.05) is 14.1 Å². The molecule has 0 aliphatic carbocycles. The lowest BCUT2D eigenvalue weighted by molar-refractivity contribution is -0.385. The zero-order valence-electron chi connectivity index (χ0n) is 15.7. The summed E-state index contributed by atoms with van der Waals surface area (Å²) in [5, 5.41) is 11.4. The third-order valence-corrected chi connectivity index (χ3v) is 5.23. The standard InChI is InChI=1S/C19H17N3O5S/c1-10-7-12(8-15(11(10)2)22(25)26)16-6-5-13(27-16)9-14-17(23)20(3)19(28)21(4)18(14)24/h5-9H,1-4H3. The molecule has 2 heterocycles. The Morgan fingerprint density at radius 1 is 1.11 bits per heavy atom. The van der Waals surface area contributed by atoms with Crippen LogP contribution < -0.4 is 0 Å². The number of amides is 2. The van der Waals surface area contributed by atoms with Gasteiger partial charge < -0.3 is 4.42 Å². The number of furan rings is 1. The normalized spacial score (nSPS) is 14.7. The van der Waals surface area contributed by atoms with Crippen LogP contribution in [-0.2, 0) is 9.59 Å². The number of nitrogens with zero attached hydrogens (tertiary/aromatic N) is 3. The molecule has 0 atom stereocenters. The van der Waals surface area contributed by atoms with Crippen molar-refractivity contribution >= 4 is 40.9 Å². The minimum absolute atomic E-state index is 0.000651. The molecule has 2 aromatic rings. The van der Waals surface area contributed by atoms with Crippen LogP contribution in [0.15, 0.2) is 34.3 Å². The molecule has 0 saturated carbocycles. The molecule has 9 heteroatoms.